The van der Waals surface area contributed by atoms with Crippen LogP contribution in [-0.4, -0.2) is 33.4 Å². The molecule has 1 rings (SSSR count). The molecule has 70 valence electrons. The van der Waals surface area contributed by atoms with Crippen molar-refractivity contribution < 1.29 is 14.6 Å². The van der Waals surface area contributed by atoms with Crippen LogP contribution >= 0.6 is 0 Å². The van der Waals surface area contributed by atoms with Gasteiger partial charge in [0.1, 0.15) is 11.7 Å². The zero-order chi connectivity index (χ0) is 9.84. The van der Waals surface area contributed by atoms with Crippen molar-refractivity contribution in [2.45, 2.75) is 6.04 Å². The molecule has 0 aromatic carbocycles. The summed E-state index contributed by atoms with van der Waals surface area (Å²) in [7, 11) is 1.38. The largest absolute Gasteiger partial charge is 0.480 e. The molecule has 7 heteroatoms. The highest BCUT2D eigenvalue weighted by Gasteiger charge is 2.16. The topological polar surface area (TPSA) is 111 Å². The van der Waals surface area contributed by atoms with Gasteiger partial charge < -0.3 is 15.6 Å². The molecule has 0 spiro atoms. The van der Waals surface area contributed by atoms with E-state index in [9.17, 15) is 4.79 Å². The Labute approximate surface area is 73.6 Å². The zero-order valence-corrected chi connectivity index (χ0v) is 6.84. The van der Waals surface area contributed by atoms with E-state index in [2.05, 4.69) is 19.9 Å². The maximum Gasteiger partial charge on any atom is 0.335 e. The first-order valence-electron chi connectivity index (χ1n) is 3.37. The number of carbonyl (C=O) groups is 1. The summed E-state index contributed by atoms with van der Waals surface area (Å²) in [5.74, 6) is -1.18. The average Bonchev–Trinajstić information content (AvgIpc) is 2.17. The Bertz CT molecular complexity index is 299. The van der Waals surface area contributed by atoms with Crippen molar-refractivity contribution in [2.75, 3.05) is 7.11 Å². The molecule has 0 radical (unpaired) electrons. The molecule has 0 saturated heterocycles. The number of aromatic nitrogens is 3. The molecular formula is C6H8N4O3. The van der Waals surface area contributed by atoms with Gasteiger partial charge in [0.05, 0.1) is 13.3 Å². The molecular weight excluding hydrogens is 176 g/mol. The molecule has 0 aliphatic heterocycles. The van der Waals surface area contributed by atoms with E-state index in [0.717, 1.165) is 0 Å². The van der Waals surface area contributed by atoms with E-state index < -0.39 is 12.0 Å². The van der Waals surface area contributed by atoms with Gasteiger partial charge >= 0.3 is 12.0 Å². The van der Waals surface area contributed by atoms with E-state index in [1.807, 2.05) is 0 Å². The van der Waals surface area contributed by atoms with Crippen LogP contribution in [0.1, 0.15) is 11.7 Å². The second-order valence-electron chi connectivity index (χ2n) is 2.19. The van der Waals surface area contributed by atoms with Crippen molar-refractivity contribution in [3.8, 4) is 6.01 Å². The fourth-order valence-electron chi connectivity index (χ4n) is 0.636. The lowest BCUT2D eigenvalue weighted by molar-refractivity contribution is -0.138. The van der Waals surface area contributed by atoms with Gasteiger partial charge in [-0.1, -0.05) is 5.10 Å². The van der Waals surface area contributed by atoms with Crippen LogP contribution in [0.5, 0.6) is 6.01 Å². The molecule has 1 aromatic rings. The highest BCUT2D eigenvalue weighted by molar-refractivity contribution is 5.74. The Morgan fingerprint density at radius 3 is 2.77 bits per heavy atom. The molecule has 13 heavy (non-hydrogen) atoms. The molecule has 0 aliphatic carbocycles. The molecule has 3 N–H and O–H groups in total. The van der Waals surface area contributed by atoms with Gasteiger partial charge in [0.2, 0.25) is 0 Å². The minimum atomic E-state index is -1.20. The summed E-state index contributed by atoms with van der Waals surface area (Å²) >= 11 is 0. The zero-order valence-electron chi connectivity index (χ0n) is 6.84. The second-order valence-corrected chi connectivity index (χ2v) is 2.19. The highest BCUT2D eigenvalue weighted by Crippen LogP contribution is 2.05. The minimum absolute atomic E-state index is 0.0707. The molecule has 7 nitrogen and oxygen atoms in total. The lowest BCUT2D eigenvalue weighted by Crippen LogP contribution is -2.22. The number of carboxylic acid groups (broad SMARTS) is 1. The lowest BCUT2D eigenvalue weighted by atomic mass is 10.2. The summed E-state index contributed by atoms with van der Waals surface area (Å²) in [5.41, 5.74) is 5.34. The maximum absolute atomic E-state index is 10.4. The molecule has 1 atom stereocenters. The number of hydrogen-bond acceptors (Lipinski definition) is 6. The fraction of sp³-hybridized carbons (Fsp3) is 0.333. The van der Waals surface area contributed by atoms with E-state index >= 15 is 0 Å². The molecule has 1 aromatic heterocycles. The number of aliphatic carboxylic acids is 1. The first-order valence-corrected chi connectivity index (χ1v) is 3.37. The van der Waals surface area contributed by atoms with Crippen molar-refractivity contribution in [1.29, 1.82) is 0 Å². The van der Waals surface area contributed by atoms with Crippen molar-refractivity contribution in [2.24, 2.45) is 5.73 Å². The van der Waals surface area contributed by atoms with Gasteiger partial charge in [-0.15, -0.1) is 5.10 Å². The van der Waals surface area contributed by atoms with Crippen LogP contribution in [0, 0.1) is 0 Å². The van der Waals surface area contributed by atoms with E-state index in [0.29, 0.717) is 0 Å². The summed E-state index contributed by atoms with van der Waals surface area (Å²) in [4.78, 5) is 14.1. The van der Waals surface area contributed by atoms with Crippen LogP contribution in [0.4, 0.5) is 0 Å². The van der Waals surface area contributed by atoms with Crippen molar-refractivity contribution >= 4 is 5.97 Å². The third-order valence-electron chi connectivity index (χ3n) is 1.33. The van der Waals surface area contributed by atoms with Gasteiger partial charge in [-0.2, -0.15) is 0 Å². The van der Waals surface area contributed by atoms with Crippen molar-refractivity contribution in [1.82, 2.24) is 15.2 Å². The number of hydrogen-bond donors (Lipinski definition) is 2. The average molecular weight is 184 g/mol. The van der Waals surface area contributed by atoms with Crippen LogP contribution in [0.2, 0.25) is 0 Å². The summed E-state index contributed by atoms with van der Waals surface area (Å²) in [6, 6.07) is -1.13. The second kappa shape index (κ2) is 3.76. The van der Waals surface area contributed by atoms with Crippen LogP contribution < -0.4 is 10.5 Å². The molecule has 0 aliphatic rings. The predicted octanol–water partition coefficient (Wildman–Crippen LogP) is -1.04. The molecule has 1 unspecified atom stereocenters. The first-order chi connectivity index (χ1) is 6.15. The number of carboxylic acids is 1. The minimum Gasteiger partial charge on any atom is -0.480 e. The van der Waals surface area contributed by atoms with Crippen LogP contribution in [0.25, 0.3) is 0 Å². The van der Waals surface area contributed by atoms with Gasteiger partial charge in [0.15, 0.2) is 0 Å². The van der Waals surface area contributed by atoms with Gasteiger partial charge in [0.25, 0.3) is 0 Å². The normalized spacial score (nSPS) is 12.2. The third kappa shape index (κ3) is 2.09. The van der Waals surface area contributed by atoms with Crippen LogP contribution in [-0.2, 0) is 4.79 Å². The van der Waals surface area contributed by atoms with Gasteiger partial charge in [-0.3, -0.25) is 4.79 Å². The van der Waals surface area contributed by atoms with E-state index in [1.165, 1.54) is 13.3 Å². The SMILES string of the molecule is COc1ncc(C(N)C(=O)O)nn1. The summed E-state index contributed by atoms with van der Waals surface area (Å²) < 4.78 is 4.64. The number of rotatable bonds is 3. The lowest BCUT2D eigenvalue weighted by Gasteiger charge is -2.03. The number of nitrogens with two attached hydrogens (primary N) is 1. The molecule has 0 bridgehead atoms. The highest BCUT2D eigenvalue weighted by atomic mass is 16.5. The van der Waals surface area contributed by atoms with Crippen molar-refractivity contribution in [3.63, 3.8) is 0 Å². The van der Waals surface area contributed by atoms with Crippen LogP contribution in [0.15, 0.2) is 6.20 Å². The molecule has 0 fully saturated rings. The third-order valence-corrected chi connectivity index (χ3v) is 1.33. The smallest absolute Gasteiger partial charge is 0.335 e. The Balaban J connectivity index is 2.85. The summed E-state index contributed by atoms with van der Waals surface area (Å²) in [6.45, 7) is 0. The monoisotopic (exact) mass is 184 g/mol. The van der Waals surface area contributed by atoms with Gasteiger partial charge in [0, 0.05) is 0 Å². The Morgan fingerprint density at radius 1 is 1.69 bits per heavy atom. The number of nitrogens with zero attached hydrogens (tertiary/aromatic N) is 3. The molecule has 1 heterocycles. The van der Waals surface area contributed by atoms with E-state index in [-0.39, 0.29) is 11.7 Å². The van der Waals surface area contributed by atoms with E-state index in [4.69, 9.17) is 10.8 Å². The van der Waals surface area contributed by atoms with Crippen molar-refractivity contribution in [3.05, 3.63) is 11.9 Å². The molecule has 0 saturated carbocycles. The Morgan fingerprint density at radius 2 is 2.38 bits per heavy atom. The summed E-state index contributed by atoms with van der Waals surface area (Å²) in [5, 5.41) is 15.5. The molecule has 0 amide bonds. The Hall–Kier alpha value is -1.76. The van der Waals surface area contributed by atoms with Gasteiger partial charge in [-0.05, 0) is 0 Å². The Kier molecular flexibility index (Phi) is 2.70. The predicted molar refractivity (Wildman–Crippen MR) is 40.9 cm³/mol. The van der Waals surface area contributed by atoms with Crippen LogP contribution in [0.3, 0.4) is 0 Å². The fourth-order valence-corrected chi connectivity index (χ4v) is 0.636. The quantitative estimate of drug-likeness (QED) is 0.617. The van der Waals surface area contributed by atoms with Gasteiger partial charge in [-0.25, -0.2) is 4.98 Å². The maximum atomic E-state index is 10.4. The number of methoxy groups -OCH3 is 1. The standard InChI is InChI=1S/C6H8N4O3/c1-13-6-8-2-3(9-10-6)4(7)5(11)12/h2,4H,7H2,1H3,(H,11,12). The number of ether oxygens (including phenoxy) is 1. The summed E-state index contributed by atoms with van der Waals surface area (Å²) in [6.07, 6.45) is 1.21. The van der Waals surface area contributed by atoms with E-state index in [1.54, 1.807) is 0 Å². The first kappa shape index (κ1) is 9.33.